The molecule has 1 aromatic heterocycles. The van der Waals surface area contributed by atoms with Crippen molar-refractivity contribution in [1.29, 1.82) is 0 Å². The molecular formula is C9H10O3. The smallest absolute Gasteiger partial charge is 0.346 e. The predicted molar refractivity (Wildman–Crippen MR) is 44.4 cm³/mol. The number of carbonyl (C=O) groups is 1. The number of carbonyl (C=O) groups excluding carboxylic acids is 1. The van der Waals surface area contributed by atoms with E-state index >= 15 is 0 Å². The van der Waals surface area contributed by atoms with Gasteiger partial charge in [0, 0.05) is 0 Å². The molecule has 0 saturated heterocycles. The van der Waals surface area contributed by atoms with Gasteiger partial charge in [-0.2, -0.15) is 0 Å². The predicted octanol–water partition coefficient (Wildman–Crippen LogP) is 1.40. The number of hydrogen-bond donors (Lipinski definition) is 0. The molecule has 0 radical (unpaired) electrons. The van der Waals surface area contributed by atoms with Crippen molar-refractivity contribution in [3.05, 3.63) is 33.9 Å². The highest BCUT2D eigenvalue weighted by Crippen LogP contribution is 2.04. The van der Waals surface area contributed by atoms with Crippen LogP contribution < -0.4 is 5.63 Å². The molecule has 0 unspecified atom stereocenters. The Morgan fingerprint density at radius 1 is 1.58 bits per heavy atom. The minimum absolute atomic E-state index is 0.181. The van der Waals surface area contributed by atoms with Gasteiger partial charge in [-0.1, -0.05) is 6.92 Å². The van der Waals surface area contributed by atoms with Crippen molar-refractivity contribution >= 4 is 5.78 Å². The van der Waals surface area contributed by atoms with Gasteiger partial charge >= 0.3 is 5.63 Å². The monoisotopic (exact) mass is 166 g/mol. The molecule has 64 valence electrons. The van der Waals surface area contributed by atoms with E-state index < -0.39 is 5.63 Å². The van der Waals surface area contributed by atoms with Crippen LogP contribution in [0.25, 0.3) is 0 Å². The second-order valence-electron chi connectivity index (χ2n) is 2.52. The summed E-state index contributed by atoms with van der Waals surface area (Å²) in [6, 6.07) is 1.65. The molecule has 1 heterocycles. The first-order valence-corrected chi connectivity index (χ1v) is 3.78. The highest BCUT2D eigenvalue weighted by molar-refractivity contribution is 5.94. The molecule has 0 aliphatic rings. The van der Waals surface area contributed by atoms with Crippen LogP contribution in [0.3, 0.4) is 0 Å². The lowest BCUT2D eigenvalue weighted by atomic mass is 10.1. The molecule has 0 saturated carbocycles. The third-order valence-corrected chi connectivity index (χ3v) is 1.70. The Hall–Kier alpha value is -1.38. The van der Waals surface area contributed by atoms with E-state index in [-0.39, 0.29) is 11.3 Å². The molecular weight excluding hydrogens is 156 g/mol. The molecule has 1 aromatic rings. The van der Waals surface area contributed by atoms with E-state index in [0.29, 0.717) is 6.42 Å². The second-order valence-corrected chi connectivity index (χ2v) is 2.52. The molecule has 0 bridgehead atoms. The van der Waals surface area contributed by atoms with Crippen molar-refractivity contribution in [3.63, 3.8) is 0 Å². The molecule has 0 fully saturated rings. The van der Waals surface area contributed by atoms with E-state index in [9.17, 15) is 9.59 Å². The molecule has 12 heavy (non-hydrogen) atoms. The van der Waals surface area contributed by atoms with E-state index in [2.05, 4.69) is 4.42 Å². The quantitative estimate of drug-likeness (QED) is 0.624. The first kappa shape index (κ1) is 8.71. The number of aryl methyl sites for hydroxylation is 1. The van der Waals surface area contributed by atoms with Crippen LogP contribution in [0.1, 0.15) is 29.8 Å². The van der Waals surface area contributed by atoms with Gasteiger partial charge in [0.25, 0.3) is 0 Å². The Kier molecular flexibility index (Phi) is 2.43. The lowest BCUT2D eigenvalue weighted by Crippen LogP contribution is -2.14. The average molecular weight is 166 g/mol. The standard InChI is InChI=1S/C9H10O3/c1-3-7-4-5-12-9(11)8(7)6(2)10/h4-5H,3H2,1-2H3. The fourth-order valence-electron chi connectivity index (χ4n) is 1.12. The molecule has 0 atom stereocenters. The molecule has 0 aliphatic heterocycles. The van der Waals surface area contributed by atoms with Crippen molar-refractivity contribution in [2.75, 3.05) is 0 Å². The summed E-state index contributed by atoms with van der Waals surface area (Å²) in [6.45, 7) is 3.26. The van der Waals surface area contributed by atoms with Crippen LogP contribution in [0.2, 0.25) is 0 Å². The molecule has 1 rings (SSSR count). The normalized spacial score (nSPS) is 9.83. The fourth-order valence-corrected chi connectivity index (χ4v) is 1.12. The van der Waals surface area contributed by atoms with E-state index in [1.165, 1.54) is 13.2 Å². The Morgan fingerprint density at radius 3 is 2.67 bits per heavy atom. The lowest BCUT2D eigenvalue weighted by molar-refractivity contribution is 0.101. The summed E-state index contributed by atoms with van der Waals surface area (Å²) in [5, 5.41) is 0. The van der Waals surface area contributed by atoms with E-state index in [0.717, 1.165) is 5.56 Å². The molecule has 3 nitrogen and oxygen atoms in total. The third-order valence-electron chi connectivity index (χ3n) is 1.70. The fraction of sp³-hybridized carbons (Fsp3) is 0.333. The van der Waals surface area contributed by atoms with Crippen molar-refractivity contribution in [1.82, 2.24) is 0 Å². The Bertz CT molecular complexity index is 349. The first-order chi connectivity index (χ1) is 5.66. The first-order valence-electron chi connectivity index (χ1n) is 3.78. The van der Waals surface area contributed by atoms with E-state index in [1.54, 1.807) is 6.07 Å². The Morgan fingerprint density at radius 2 is 2.25 bits per heavy atom. The zero-order chi connectivity index (χ0) is 9.14. The number of Topliss-reactive ketones (excluding diaryl/α,β-unsaturated/α-hetero) is 1. The van der Waals surface area contributed by atoms with Gasteiger partial charge in [-0.25, -0.2) is 4.79 Å². The highest BCUT2D eigenvalue weighted by atomic mass is 16.4. The maximum absolute atomic E-state index is 11.1. The zero-order valence-electron chi connectivity index (χ0n) is 7.09. The van der Waals surface area contributed by atoms with Crippen molar-refractivity contribution in [2.45, 2.75) is 20.3 Å². The van der Waals surface area contributed by atoms with Gasteiger partial charge in [-0.05, 0) is 25.0 Å². The zero-order valence-corrected chi connectivity index (χ0v) is 7.09. The van der Waals surface area contributed by atoms with Crippen LogP contribution in [-0.4, -0.2) is 5.78 Å². The summed E-state index contributed by atoms with van der Waals surface area (Å²) in [5.41, 5.74) is 0.389. The van der Waals surface area contributed by atoms with Crippen LogP contribution in [0.4, 0.5) is 0 Å². The number of ketones is 1. The molecule has 3 heteroatoms. The van der Waals surface area contributed by atoms with Crippen molar-refractivity contribution < 1.29 is 9.21 Å². The summed E-state index contributed by atoms with van der Waals surface area (Å²) < 4.78 is 4.59. The minimum Gasteiger partial charge on any atom is -0.431 e. The van der Waals surface area contributed by atoms with Gasteiger partial charge in [-0.15, -0.1) is 0 Å². The van der Waals surface area contributed by atoms with Crippen LogP contribution in [0.15, 0.2) is 21.5 Å². The van der Waals surface area contributed by atoms with Crippen molar-refractivity contribution in [2.24, 2.45) is 0 Å². The average Bonchev–Trinajstić information content (AvgIpc) is 2.03. The van der Waals surface area contributed by atoms with Gasteiger partial charge in [0.1, 0.15) is 5.56 Å². The third kappa shape index (κ3) is 1.44. The van der Waals surface area contributed by atoms with Crippen molar-refractivity contribution in [3.8, 4) is 0 Å². The summed E-state index contributed by atoms with van der Waals surface area (Å²) >= 11 is 0. The number of hydrogen-bond acceptors (Lipinski definition) is 3. The Labute approximate surface area is 70.0 Å². The largest absolute Gasteiger partial charge is 0.431 e. The van der Waals surface area contributed by atoms with Crippen LogP contribution in [-0.2, 0) is 6.42 Å². The molecule has 0 N–H and O–H groups in total. The topological polar surface area (TPSA) is 47.3 Å². The number of rotatable bonds is 2. The summed E-state index contributed by atoms with van der Waals surface area (Å²) in [6.07, 6.45) is 1.98. The Balaban J connectivity index is 3.40. The minimum atomic E-state index is -0.540. The summed E-state index contributed by atoms with van der Waals surface area (Å²) in [7, 11) is 0. The molecule has 0 aromatic carbocycles. The molecule has 0 amide bonds. The second kappa shape index (κ2) is 3.34. The van der Waals surface area contributed by atoms with Gasteiger partial charge in [-0.3, -0.25) is 4.79 Å². The van der Waals surface area contributed by atoms with E-state index in [4.69, 9.17) is 0 Å². The van der Waals surface area contributed by atoms with E-state index in [1.807, 2.05) is 6.92 Å². The summed E-state index contributed by atoms with van der Waals surface area (Å²) in [5.74, 6) is -0.235. The summed E-state index contributed by atoms with van der Waals surface area (Å²) in [4.78, 5) is 22.0. The molecule has 0 aliphatic carbocycles. The van der Waals surface area contributed by atoms with Crippen LogP contribution in [0.5, 0.6) is 0 Å². The van der Waals surface area contributed by atoms with Crippen LogP contribution in [0, 0.1) is 0 Å². The van der Waals surface area contributed by atoms with Gasteiger partial charge in [0.2, 0.25) is 0 Å². The van der Waals surface area contributed by atoms with Crippen LogP contribution >= 0.6 is 0 Å². The maximum atomic E-state index is 11.1. The maximum Gasteiger partial charge on any atom is 0.346 e. The van der Waals surface area contributed by atoms with Gasteiger partial charge in [0.05, 0.1) is 6.26 Å². The lowest BCUT2D eigenvalue weighted by Gasteiger charge is -1.99. The highest BCUT2D eigenvalue weighted by Gasteiger charge is 2.10. The molecule has 0 spiro atoms. The van der Waals surface area contributed by atoms with Gasteiger partial charge < -0.3 is 4.42 Å². The SMILES string of the molecule is CCc1ccoc(=O)c1C(C)=O. The van der Waals surface area contributed by atoms with Gasteiger partial charge in [0.15, 0.2) is 5.78 Å².